The number of alkyl halides is 1. The van der Waals surface area contributed by atoms with Gasteiger partial charge in [-0.1, -0.05) is 11.6 Å². The van der Waals surface area contributed by atoms with E-state index >= 15 is 0 Å². The third-order valence-electron chi connectivity index (χ3n) is 3.20. The van der Waals surface area contributed by atoms with Gasteiger partial charge >= 0.3 is 0 Å². The Morgan fingerprint density at radius 3 is 2.71 bits per heavy atom. The lowest BCUT2D eigenvalue weighted by Gasteiger charge is -2.10. The van der Waals surface area contributed by atoms with Crippen LogP contribution in [0.25, 0.3) is 16.7 Å². The quantitative estimate of drug-likeness (QED) is 0.660. The van der Waals surface area contributed by atoms with Gasteiger partial charge in [0.15, 0.2) is 0 Å². The number of fused-ring (bicyclic) bond motifs is 1. The molecule has 1 heterocycles. The first-order valence-electron chi connectivity index (χ1n) is 6.21. The standard InChI is InChI=1S/C15H11Cl2FN2O/c1-21-14-5-3-10(7-11(14)17)20-13-4-2-9(18)6-12(13)19-15(20)8-16/h2-7H,8H2,1H3. The maximum absolute atomic E-state index is 13.3. The lowest BCUT2D eigenvalue weighted by Crippen LogP contribution is -1.99. The zero-order chi connectivity index (χ0) is 15.0. The molecule has 3 rings (SSSR count). The number of halogens is 3. The summed E-state index contributed by atoms with van der Waals surface area (Å²) in [4.78, 5) is 4.36. The molecule has 3 aromatic rings. The number of hydrogen-bond acceptors (Lipinski definition) is 2. The van der Waals surface area contributed by atoms with E-state index in [2.05, 4.69) is 4.98 Å². The summed E-state index contributed by atoms with van der Waals surface area (Å²) >= 11 is 12.1. The van der Waals surface area contributed by atoms with Crippen LogP contribution in [0.15, 0.2) is 36.4 Å². The summed E-state index contributed by atoms with van der Waals surface area (Å²) in [5.41, 5.74) is 2.12. The molecule has 0 aliphatic heterocycles. The second-order valence-corrected chi connectivity index (χ2v) is 5.12. The average molecular weight is 325 g/mol. The third kappa shape index (κ3) is 2.45. The highest BCUT2D eigenvalue weighted by Crippen LogP contribution is 2.30. The number of benzene rings is 2. The number of ether oxygens (including phenoxy) is 1. The van der Waals surface area contributed by atoms with Gasteiger partial charge in [-0.15, -0.1) is 11.6 Å². The minimum atomic E-state index is -0.332. The minimum absolute atomic E-state index is 0.208. The molecule has 3 nitrogen and oxygen atoms in total. The molecule has 0 bridgehead atoms. The highest BCUT2D eigenvalue weighted by Gasteiger charge is 2.13. The van der Waals surface area contributed by atoms with Crippen molar-refractivity contribution in [2.75, 3.05) is 7.11 Å². The zero-order valence-electron chi connectivity index (χ0n) is 11.1. The van der Waals surface area contributed by atoms with Crippen molar-refractivity contribution in [2.45, 2.75) is 5.88 Å². The molecule has 1 aromatic heterocycles. The van der Waals surface area contributed by atoms with Crippen LogP contribution in [0.2, 0.25) is 5.02 Å². The topological polar surface area (TPSA) is 27.1 Å². The van der Waals surface area contributed by atoms with E-state index in [1.54, 1.807) is 25.3 Å². The fourth-order valence-electron chi connectivity index (χ4n) is 2.28. The van der Waals surface area contributed by atoms with E-state index in [-0.39, 0.29) is 11.7 Å². The molecule has 0 spiro atoms. The largest absolute Gasteiger partial charge is 0.495 e. The number of methoxy groups -OCH3 is 1. The second-order valence-electron chi connectivity index (χ2n) is 4.45. The molecule has 2 aromatic carbocycles. The normalized spacial score (nSPS) is 11.0. The van der Waals surface area contributed by atoms with Gasteiger partial charge in [0.1, 0.15) is 17.4 Å². The van der Waals surface area contributed by atoms with Gasteiger partial charge in [0.05, 0.1) is 29.0 Å². The van der Waals surface area contributed by atoms with E-state index in [0.717, 1.165) is 11.2 Å². The van der Waals surface area contributed by atoms with Crippen LogP contribution in [-0.4, -0.2) is 16.7 Å². The maximum Gasteiger partial charge on any atom is 0.137 e. The molecule has 6 heteroatoms. The summed E-state index contributed by atoms with van der Waals surface area (Å²) in [5, 5.41) is 0.486. The molecule has 0 amide bonds. The van der Waals surface area contributed by atoms with Crippen molar-refractivity contribution < 1.29 is 9.13 Å². The van der Waals surface area contributed by atoms with Crippen molar-refractivity contribution in [3.63, 3.8) is 0 Å². The van der Waals surface area contributed by atoms with Crippen molar-refractivity contribution >= 4 is 34.2 Å². The van der Waals surface area contributed by atoms with Gasteiger partial charge in [-0.2, -0.15) is 0 Å². The molecule has 0 unspecified atom stereocenters. The Balaban J connectivity index is 2.25. The van der Waals surface area contributed by atoms with E-state index in [9.17, 15) is 4.39 Å². The van der Waals surface area contributed by atoms with Crippen LogP contribution in [0.4, 0.5) is 4.39 Å². The predicted octanol–water partition coefficient (Wildman–Crippen LogP) is 4.57. The van der Waals surface area contributed by atoms with Crippen LogP contribution >= 0.6 is 23.2 Å². The molecule has 0 radical (unpaired) electrons. The molecule has 108 valence electrons. The lowest BCUT2D eigenvalue weighted by molar-refractivity contribution is 0.415. The first-order valence-corrected chi connectivity index (χ1v) is 7.12. The van der Waals surface area contributed by atoms with E-state index < -0.39 is 0 Å². The van der Waals surface area contributed by atoms with Gasteiger partial charge in [0.2, 0.25) is 0 Å². The Bertz CT molecular complexity index is 817. The molecule has 0 saturated carbocycles. The summed E-state index contributed by atoms with van der Waals surface area (Å²) < 4.78 is 20.3. The Morgan fingerprint density at radius 2 is 2.05 bits per heavy atom. The van der Waals surface area contributed by atoms with Crippen LogP contribution in [0.3, 0.4) is 0 Å². The molecule has 0 N–H and O–H groups in total. The molecule has 0 atom stereocenters. The highest BCUT2D eigenvalue weighted by atomic mass is 35.5. The van der Waals surface area contributed by atoms with Gasteiger partial charge in [-0.25, -0.2) is 9.37 Å². The van der Waals surface area contributed by atoms with Crippen LogP contribution in [0.5, 0.6) is 5.75 Å². The van der Waals surface area contributed by atoms with E-state index in [4.69, 9.17) is 27.9 Å². The van der Waals surface area contributed by atoms with E-state index in [0.29, 0.717) is 22.1 Å². The van der Waals surface area contributed by atoms with Crippen LogP contribution in [0.1, 0.15) is 5.82 Å². The monoisotopic (exact) mass is 324 g/mol. The third-order valence-corrected chi connectivity index (χ3v) is 3.73. The molecular formula is C15H11Cl2FN2O. The van der Waals surface area contributed by atoms with Gasteiger partial charge in [-0.3, -0.25) is 4.57 Å². The summed E-state index contributed by atoms with van der Waals surface area (Å²) in [6.07, 6.45) is 0. The van der Waals surface area contributed by atoms with Gasteiger partial charge in [0.25, 0.3) is 0 Å². The molecule has 0 saturated heterocycles. The first kappa shape index (κ1) is 14.2. The Morgan fingerprint density at radius 1 is 1.24 bits per heavy atom. The predicted molar refractivity (Wildman–Crippen MR) is 82.1 cm³/mol. The van der Waals surface area contributed by atoms with E-state index in [1.807, 2.05) is 10.6 Å². The van der Waals surface area contributed by atoms with Crippen LogP contribution in [-0.2, 0) is 5.88 Å². The lowest BCUT2D eigenvalue weighted by atomic mass is 10.2. The second kappa shape index (κ2) is 5.54. The molecule has 0 aliphatic rings. The first-order chi connectivity index (χ1) is 10.1. The van der Waals surface area contributed by atoms with Gasteiger partial charge in [-0.05, 0) is 30.3 Å². The van der Waals surface area contributed by atoms with Crippen molar-refractivity contribution in [1.82, 2.24) is 9.55 Å². The molecular weight excluding hydrogens is 314 g/mol. The molecule has 21 heavy (non-hydrogen) atoms. The number of nitrogens with zero attached hydrogens (tertiary/aromatic N) is 2. The summed E-state index contributed by atoms with van der Waals surface area (Å²) in [6, 6.07) is 9.83. The van der Waals surface area contributed by atoms with Crippen LogP contribution in [0, 0.1) is 5.82 Å². The van der Waals surface area contributed by atoms with Crippen molar-refractivity contribution in [1.29, 1.82) is 0 Å². The minimum Gasteiger partial charge on any atom is -0.495 e. The maximum atomic E-state index is 13.3. The van der Waals surface area contributed by atoms with Crippen molar-refractivity contribution in [3.8, 4) is 11.4 Å². The highest BCUT2D eigenvalue weighted by molar-refractivity contribution is 6.32. The number of aromatic nitrogens is 2. The smallest absolute Gasteiger partial charge is 0.137 e. The Labute approximate surface area is 130 Å². The van der Waals surface area contributed by atoms with Gasteiger partial charge < -0.3 is 4.74 Å². The molecule has 0 aliphatic carbocycles. The average Bonchev–Trinajstić information content (AvgIpc) is 2.84. The van der Waals surface area contributed by atoms with Crippen molar-refractivity contribution in [2.24, 2.45) is 0 Å². The van der Waals surface area contributed by atoms with E-state index in [1.165, 1.54) is 12.1 Å². The fraction of sp³-hybridized carbons (Fsp3) is 0.133. The summed E-state index contributed by atoms with van der Waals surface area (Å²) in [7, 11) is 1.56. The van der Waals surface area contributed by atoms with Gasteiger partial charge in [0, 0.05) is 11.8 Å². The fourth-order valence-corrected chi connectivity index (χ4v) is 2.71. The Kier molecular flexibility index (Phi) is 3.74. The van der Waals surface area contributed by atoms with Crippen molar-refractivity contribution in [3.05, 3.63) is 53.1 Å². The number of rotatable bonds is 3. The SMILES string of the molecule is COc1ccc(-n2c(CCl)nc3cc(F)ccc32)cc1Cl. The zero-order valence-corrected chi connectivity index (χ0v) is 12.6. The number of imidazole rings is 1. The molecule has 0 fully saturated rings. The Hall–Kier alpha value is -1.78. The number of hydrogen-bond donors (Lipinski definition) is 0. The van der Waals surface area contributed by atoms with Crippen LogP contribution < -0.4 is 4.74 Å². The summed E-state index contributed by atoms with van der Waals surface area (Å²) in [6.45, 7) is 0. The summed E-state index contributed by atoms with van der Waals surface area (Å²) in [5.74, 6) is 1.09.